The van der Waals surface area contributed by atoms with Crippen molar-refractivity contribution in [1.82, 2.24) is 38.9 Å². The number of piperidine rings is 1. The number of alkyl halides is 1. The highest BCUT2D eigenvalue weighted by atomic mass is 32.2. The highest BCUT2D eigenvalue weighted by Gasteiger charge is 2.45. The van der Waals surface area contributed by atoms with Crippen LogP contribution in [0, 0.1) is 17.1 Å². The molecule has 1 unspecified atom stereocenters. The average Bonchev–Trinajstić information content (AvgIpc) is 3.90. The van der Waals surface area contributed by atoms with Gasteiger partial charge in [-0.2, -0.15) is 18.0 Å². The second-order valence-electron chi connectivity index (χ2n) is 17.6. The molecule has 10 rings (SSSR count). The fraction of sp³-hybridized carbons (Fsp3) is 0.370. The van der Waals surface area contributed by atoms with Gasteiger partial charge in [0.15, 0.2) is 11.6 Å². The van der Waals surface area contributed by atoms with Crippen molar-refractivity contribution in [3.63, 3.8) is 0 Å². The summed E-state index contributed by atoms with van der Waals surface area (Å²) >= 11 is 0. The van der Waals surface area contributed by atoms with E-state index in [2.05, 4.69) is 40.1 Å². The van der Waals surface area contributed by atoms with Crippen LogP contribution in [0.2, 0.25) is 0 Å². The topological polar surface area (TPSA) is 245 Å². The molecular weight excluding hydrogens is 919 g/mol. The van der Waals surface area contributed by atoms with Crippen LogP contribution in [-0.2, 0) is 19.8 Å². The predicted molar refractivity (Wildman–Crippen MR) is 244 cm³/mol. The van der Waals surface area contributed by atoms with Crippen molar-refractivity contribution in [3.05, 3.63) is 100 Å². The van der Waals surface area contributed by atoms with Gasteiger partial charge in [0.25, 0.3) is 17.4 Å². The van der Waals surface area contributed by atoms with Gasteiger partial charge in [-0.25, -0.2) is 23.7 Å². The first-order valence-corrected chi connectivity index (χ1v) is 24.0. The summed E-state index contributed by atoms with van der Waals surface area (Å²) in [5.74, 6) is -3.20. The van der Waals surface area contributed by atoms with E-state index in [-0.39, 0.29) is 66.3 Å². The van der Waals surface area contributed by atoms with Gasteiger partial charge in [-0.3, -0.25) is 48.4 Å². The second kappa shape index (κ2) is 18.2. The molecule has 1 aliphatic carbocycles. The molecule has 0 bridgehead atoms. The number of amides is 4. The molecule has 69 heavy (non-hydrogen) atoms. The molecule has 2 aromatic heterocycles. The third-order valence-corrected chi connectivity index (χ3v) is 14.9. The Morgan fingerprint density at radius 3 is 2.30 bits per heavy atom. The summed E-state index contributed by atoms with van der Waals surface area (Å²) in [7, 11) is -4.26. The zero-order valence-electron chi connectivity index (χ0n) is 36.8. The monoisotopic (exact) mass is 962 g/mol. The van der Waals surface area contributed by atoms with Crippen molar-refractivity contribution in [2.24, 2.45) is 0 Å². The molecule has 3 aromatic carbocycles. The van der Waals surface area contributed by atoms with Gasteiger partial charge in [0.1, 0.15) is 35.9 Å². The summed E-state index contributed by atoms with van der Waals surface area (Å²) in [6, 6.07) is 12.6. The molecule has 356 valence electrons. The zero-order valence-corrected chi connectivity index (χ0v) is 37.6. The number of ether oxygens (including phenoxy) is 1. The zero-order chi connectivity index (χ0) is 48.1. The number of nitriles is 1. The Kier molecular flexibility index (Phi) is 12.0. The number of anilines is 3. The second-order valence-corrected chi connectivity index (χ2v) is 19.3. The molecule has 0 radical (unpaired) electrons. The fourth-order valence-corrected chi connectivity index (χ4v) is 11.0. The lowest BCUT2D eigenvalue weighted by molar-refractivity contribution is -0.136. The highest BCUT2D eigenvalue weighted by molar-refractivity contribution is 7.90. The van der Waals surface area contributed by atoms with E-state index < -0.39 is 68.7 Å². The SMILES string of the molecule is N#Cc1c(NS(=O)(=O)N2CC[C@@H](F)C2)ccc(F)c1Oc1ccc2ncn(-c3cnc(N4CCN(C5CCC(Nc6ccc7c(c6)C(=O)N(C6CCC(=O)NC6=O)C7=O)CC5)CC4)nc3)c(=O)c2c1. The Balaban J connectivity index is 0.739. The number of hydrogen-bond acceptors (Lipinski definition) is 15. The first-order valence-electron chi connectivity index (χ1n) is 22.5. The van der Waals surface area contributed by atoms with Gasteiger partial charge >= 0.3 is 10.2 Å². The van der Waals surface area contributed by atoms with Crippen molar-refractivity contribution in [2.75, 3.05) is 54.2 Å². The van der Waals surface area contributed by atoms with Crippen molar-refractivity contribution >= 4 is 62.1 Å². The highest BCUT2D eigenvalue weighted by Crippen LogP contribution is 2.36. The summed E-state index contributed by atoms with van der Waals surface area (Å²) in [4.78, 5) is 83.4. The largest absolute Gasteiger partial charge is 0.453 e. The van der Waals surface area contributed by atoms with Crippen LogP contribution in [0.4, 0.5) is 26.1 Å². The van der Waals surface area contributed by atoms with Gasteiger partial charge in [0.2, 0.25) is 17.8 Å². The molecule has 20 nitrogen and oxygen atoms in total. The van der Waals surface area contributed by atoms with Crippen molar-refractivity contribution in [2.45, 2.75) is 69.2 Å². The number of carbonyl (C=O) groups is 4. The average molecular weight is 963 g/mol. The van der Waals surface area contributed by atoms with Gasteiger partial charge in [0.05, 0.1) is 45.8 Å². The van der Waals surface area contributed by atoms with Crippen LogP contribution in [0.3, 0.4) is 0 Å². The number of benzene rings is 3. The standard InChI is InChI=1S/C46H44F2N12O8S/c47-26-13-14-58(24-26)69(66,67)55-38-10-8-36(48)41(35(38)21-49)68-31-6-9-37-34(20-31)43(63)59(25-52-37)30-22-50-46(51-23-30)57-17-15-56(16-18-57)29-4-1-27(2-5-29)53-28-3-7-32-33(19-28)45(65)60(44(32)64)39-11-12-40(61)54-42(39)62/h3,6-10,19-20,22-23,25-27,29,39,53,55H,1-2,4-5,11-18,24H2,(H,54,61,62)/t26-,27?,29?,39?/m1/s1. The Bertz CT molecular complexity index is 3140. The molecule has 0 spiro atoms. The Morgan fingerprint density at radius 1 is 0.841 bits per heavy atom. The summed E-state index contributed by atoms with van der Waals surface area (Å²) < 4.78 is 64.9. The number of carbonyl (C=O) groups excluding carboxylic acids is 4. The molecule has 4 amide bonds. The van der Waals surface area contributed by atoms with Gasteiger partial charge < -0.3 is 15.0 Å². The van der Waals surface area contributed by atoms with Crippen LogP contribution in [0.15, 0.2) is 72.0 Å². The molecule has 4 fully saturated rings. The van der Waals surface area contributed by atoms with E-state index in [1.54, 1.807) is 24.3 Å². The number of hydrogen-bond donors (Lipinski definition) is 3. The Morgan fingerprint density at radius 2 is 1.59 bits per heavy atom. The van der Waals surface area contributed by atoms with Crippen molar-refractivity contribution in [1.29, 1.82) is 5.26 Å². The van der Waals surface area contributed by atoms with Crippen LogP contribution in [0.1, 0.15) is 71.2 Å². The molecule has 1 saturated carbocycles. The molecule has 2 atom stereocenters. The van der Waals surface area contributed by atoms with E-state index in [0.29, 0.717) is 36.3 Å². The maximum Gasteiger partial charge on any atom is 0.301 e. The first-order chi connectivity index (χ1) is 33.2. The molecule has 4 aliphatic heterocycles. The van der Waals surface area contributed by atoms with Crippen LogP contribution in [0.25, 0.3) is 16.6 Å². The summed E-state index contributed by atoms with van der Waals surface area (Å²) in [5, 5.41) is 15.8. The molecule has 3 N–H and O–H groups in total. The summed E-state index contributed by atoms with van der Waals surface area (Å²) in [6.07, 6.45) is 7.00. The number of aromatic nitrogens is 4. The van der Waals surface area contributed by atoms with E-state index in [1.165, 1.54) is 41.5 Å². The van der Waals surface area contributed by atoms with E-state index in [4.69, 9.17) is 4.74 Å². The van der Waals surface area contributed by atoms with Gasteiger partial charge in [-0.1, -0.05) is 0 Å². The molecule has 5 aliphatic rings. The van der Waals surface area contributed by atoms with E-state index >= 15 is 4.39 Å². The van der Waals surface area contributed by atoms with Gasteiger partial charge in [0, 0.05) is 63.5 Å². The van der Waals surface area contributed by atoms with Crippen LogP contribution in [0.5, 0.6) is 11.5 Å². The van der Waals surface area contributed by atoms with Gasteiger partial charge in [-0.15, -0.1) is 0 Å². The van der Waals surface area contributed by atoms with E-state index in [1.807, 2.05) is 0 Å². The lowest BCUT2D eigenvalue weighted by atomic mass is 9.89. The van der Waals surface area contributed by atoms with E-state index in [9.17, 15) is 42.0 Å². The molecular formula is C46H44F2N12O8S. The van der Waals surface area contributed by atoms with Gasteiger partial charge in [-0.05, 0) is 87.1 Å². The number of rotatable bonds is 11. The Labute approximate surface area is 393 Å². The lowest BCUT2D eigenvalue weighted by Crippen LogP contribution is -2.54. The third-order valence-electron chi connectivity index (χ3n) is 13.4. The number of imide groups is 2. The lowest BCUT2D eigenvalue weighted by Gasteiger charge is -2.42. The first kappa shape index (κ1) is 45.4. The van der Waals surface area contributed by atoms with Crippen LogP contribution >= 0.6 is 0 Å². The number of piperazine rings is 1. The maximum atomic E-state index is 15.2. The van der Waals surface area contributed by atoms with Crippen LogP contribution < -0.4 is 30.6 Å². The minimum Gasteiger partial charge on any atom is -0.453 e. The number of nitrogens with one attached hydrogen (secondary N) is 3. The smallest absolute Gasteiger partial charge is 0.301 e. The normalized spacial score (nSPS) is 22.4. The number of nitrogens with zero attached hydrogens (tertiary/aromatic N) is 9. The fourth-order valence-electron chi connectivity index (χ4n) is 9.70. The minimum atomic E-state index is -4.26. The molecule has 3 saturated heterocycles. The van der Waals surface area contributed by atoms with Crippen LogP contribution in [-0.4, -0.2) is 129 Å². The summed E-state index contributed by atoms with van der Waals surface area (Å²) in [6.45, 7) is 2.58. The van der Waals surface area contributed by atoms with E-state index in [0.717, 1.165) is 65.8 Å². The maximum absolute atomic E-state index is 15.2. The number of halogens is 2. The quantitative estimate of drug-likeness (QED) is 0.160. The third kappa shape index (κ3) is 8.81. The summed E-state index contributed by atoms with van der Waals surface area (Å²) in [5.41, 5.74) is 0.637. The van der Waals surface area contributed by atoms with Crippen molar-refractivity contribution < 1.29 is 41.1 Å². The molecule has 6 heterocycles. The minimum absolute atomic E-state index is 0.0269. The molecule has 5 aromatic rings. The molecule has 23 heteroatoms. The predicted octanol–water partition coefficient (Wildman–Crippen LogP) is 3.63. The van der Waals surface area contributed by atoms with Crippen molar-refractivity contribution in [3.8, 4) is 23.3 Å². The number of fused-ring (bicyclic) bond motifs is 2. The Hall–Kier alpha value is -7.42.